The summed E-state index contributed by atoms with van der Waals surface area (Å²) >= 11 is 7.78. The lowest BCUT2D eigenvalue weighted by molar-refractivity contribution is -0.133. The predicted molar refractivity (Wildman–Crippen MR) is 125 cm³/mol. The number of aryl methyl sites for hydroxylation is 1. The van der Waals surface area contributed by atoms with Crippen LogP contribution >= 0.6 is 22.9 Å². The summed E-state index contributed by atoms with van der Waals surface area (Å²) in [5.74, 6) is -0.179. The Morgan fingerprint density at radius 2 is 1.77 bits per heavy atom. The molecule has 0 radical (unpaired) electrons. The molecule has 1 aromatic heterocycles. The van der Waals surface area contributed by atoms with Crippen LogP contribution in [0.4, 0.5) is 0 Å². The van der Waals surface area contributed by atoms with E-state index in [1.165, 1.54) is 4.88 Å². The van der Waals surface area contributed by atoms with Gasteiger partial charge in [-0.05, 0) is 55.7 Å². The lowest BCUT2D eigenvalue weighted by Crippen LogP contribution is -2.43. The lowest BCUT2D eigenvalue weighted by atomic mass is 10.2. The second-order valence-corrected chi connectivity index (χ2v) is 9.73. The Balaban J connectivity index is 1.53. The average Bonchev–Trinajstić information content (AvgIpc) is 3.53. The highest BCUT2D eigenvalue weighted by Crippen LogP contribution is 2.29. The highest BCUT2D eigenvalue weighted by Gasteiger charge is 2.35. The van der Waals surface area contributed by atoms with Gasteiger partial charge in [-0.2, -0.15) is 0 Å². The summed E-state index contributed by atoms with van der Waals surface area (Å²) in [4.78, 5) is 32.5. The van der Waals surface area contributed by atoms with Crippen molar-refractivity contribution in [3.8, 4) is 0 Å². The molecule has 4 nitrogen and oxygen atoms in total. The van der Waals surface area contributed by atoms with Crippen molar-refractivity contribution >= 4 is 34.8 Å². The molecule has 0 atom stereocenters. The van der Waals surface area contributed by atoms with Crippen LogP contribution in [0.25, 0.3) is 0 Å². The molecule has 0 spiro atoms. The molecule has 1 heterocycles. The van der Waals surface area contributed by atoms with Crippen LogP contribution in [0.5, 0.6) is 0 Å². The first-order chi connectivity index (χ1) is 15.0. The van der Waals surface area contributed by atoms with Crippen LogP contribution in [0.1, 0.15) is 38.5 Å². The highest BCUT2D eigenvalue weighted by molar-refractivity contribution is 7.11. The Morgan fingerprint density at radius 3 is 2.42 bits per heavy atom. The van der Waals surface area contributed by atoms with Gasteiger partial charge in [0, 0.05) is 32.9 Å². The minimum absolute atomic E-state index is 0.0443. The molecule has 2 amide bonds. The summed E-state index contributed by atoms with van der Waals surface area (Å²) in [5.41, 5.74) is 1.60. The van der Waals surface area contributed by atoms with Crippen LogP contribution in [-0.2, 0) is 17.9 Å². The third-order valence-electron chi connectivity index (χ3n) is 5.34. The summed E-state index contributed by atoms with van der Waals surface area (Å²) < 4.78 is 0. The zero-order valence-electron chi connectivity index (χ0n) is 17.5. The molecule has 1 aliphatic carbocycles. The maximum absolute atomic E-state index is 13.4. The number of benzene rings is 2. The number of hydrogen-bond acceptors (Lipinski definition) is 3. The fourth-order valence-electron chi connectivity index (χ4n) is 3.58. The summed E-state index contributed by atoms with van der Waals surface area (Å²) in [6.07, 6.45) is 1.87. The molecular formula is C25H25ClN2O2S. The van der Waals surface area contributed by atoms with Crippen LogP contribution in [0.3, 0.4) is 0 Å². The van der Waals surface area contributed by atoms with Crippen molar-refractivity contribution < 1.29 is 9.59 Å². The van der Waals surface area contributed by atoms with Gasteiger partial charge in [0.15, 0.2) is 0 Å². The summed E-state index contributed by atoms with van der Waals surface area (Å²) in [5, 5.41) is 0.520. The van der Waals surface area contributed by atoms with Crippen molar-refractivity contribution in [2.24, 2.45) is 0 Å². The monoisotopic (exact) mass is 452 g/mol. The molecule has 0 unspecified atom stereocenters. The molecule has 2 aromatic carbocycles. The topological polar surface area (TPSA) is 40.6 Å². The first kappa shape index (κ1) is 21.6. The quantitative estimate of drug-likeness (QED) is 0.450. The second-order valence-electron chi connectivity index (χ2n) is 7.92. The first-order valence-electron chi connectivity index (χ1n) is 10.4. The molecule has 1 aliphatic rings. The van der Waals surface area contributed by atoms with Gasteiger partial charge in [0.2, 0.25) is 5.91 Å². The van der Waals surface area contributed by atoms with Gasteiger partial charge < -0.3 is 9.80 Å². The third kappa shape index (κ3) is 5.75. The lowest BCUT2D eigenvalue weighted by Gasteiger charge is -2.28. The van der Waals surface area contributed by atoms with E-state index in [4.69, 9.17) is 11.6 Å². The van der Waals surface area contributed by atoms with Gasteiger partial charge in [-0.1, -0.05) is 48.0 Å². The Kier molecular flexibility index (Phi) is 6.73. The molecular weight excluding hydrogens is 428 g/mol. The fraction of sp³-hybridized carbons (Fsp3) is 0.280. The summed E-state index contributed by atoms with van der Waals surface area (Å²) in [6.45, 7) is 3.19. The van der Waals surface area contributed by atoms with Gasteiger partial charge >= 0.3 is 0 Å². The smallest absolute Gasteiger partial charge is 0.254 e. The van der Waals surface area contributed by atoms with Gasteiger partial charge in [0.05, 0.1) is 6.54 Å². The number of thiophene rings is 1. The maximum atomic E-state index is 13.4. The van der Waals surface area contributed by atoms with Crippen LogP contribution in [-0.4, -0.2) is 34.2 Å². The van der Waals surface area contributed by atoms with E-state index in [2.05, 4.69) is 19.1 Å². The first-order valence-corrected chi connectivity index (χ1v) is 11.6. The number of carbonyl (C=O) groups excluding carboxylic acids is 2. The van der Waals surface area contributed by atoms with Crippen molar-refractivity contribution in [2.75, 3.05) is 6.54 Å². The van der Waals surface area contributed by atoms with Crippen molar-refractivity contribution in [1.29, 1.82) is 0 Å². The van der Waals surface area contributed by atoms with Crippen molar-refractivity contribution in [1.82, 2.24) is 9.80 Å². The van der Waals surface area contributed by atoms with E-state index in [9.17, 15) is 9.59 Å². The van der Waals surface area contributed by atoms with Gasteiger partial charge in [-0.25, -0.2) is 0 Å². The largest absolute Gasteiger partial charge is 0.332 e. The molecule has 6 heteroatoms. The van der Waals surface area contributed by atoms with Gasteiger partial charge in [-0.15, -0.1) is 11.3 Å². The maximum Gasteiger partial charge on any atom is 0.254 e. The molecule has 31 heavy (non-hydrogen) atoms. The van der Waals surface area contributed by atoms with E-state index >= 15 is 0 Å². The Hall–Kier alpha value is -2.63. The van der Waals surface area contributed by atoms with E-state index in [-0.39, 0.29) is 24.4 Å². The van der Waals surface area contributed by atoms with Crippen molar-refractivity contribution in [3.05, 3.63) is 92.6 Å². The molecule has 0 aliphatic heterocycles. The molecule has 1 saturated carbocycles. The molecule has 4 rings (SSSR count). The minimum Gasteiger partial charge on any atom is -0.332 e. The number of carbonyl (C=O) groups is 2. The Bertz CT molecular complexity index is 1060. The average molecular weight is 453 g/mol. The highest BCUT2D eigenvalue weighted by atomic mass is 35.5. The second kappa shape index (κ2) is 9.67. The number of hydrogen-bond donors (Lipinski definition) is 0. The van der Waals surface area contributed by atoms with Crippen molar-refractivity contribution in [3.63, 3.8) is 0 Å². The van der Waals surface area contributed by atoms with Crippen LogP contribution in [0.2, 0.25) is 5.02 Å². The zero-order valence-corrected chi connectivity index (χ0v) is 19.0. The number of halogens is 1. The molecule has 160 valence electrons. The van der Waals surface area contributed by atoms with Crippen molar-refractivity contribution in [2.45, 2.75) is 38.9 Å². The minimum atomic E-state index is -0.134. The van der Waals surface area contributed by atoms with Gasteiger partial charge in [0.25, 0.3) is 5.91 Å². The fourth-order valence-corrected chi connectivity index (χ4v) is 4.68. The third-order valence-corrected chi connectivity index (χ3v) is 6.56. The van der Waals surface area contributed by atoms with Crippen LogP contribution < -0.4 is 0 Å². The normalized spacial score (nSPS) is 13.1. The number of nitrogens with zero attached hydrogens (tertiary/aromatic N) is 2. The van der Waals surface area contributed by atoms with Gasteiger partial charge in [0.1, 0.15) is 6.54 Å². The summed E-state index contributed by atoms with van der Waals surface area (Å²) in [7, 11) is 0. The van der Waals surface area contributed by atoms with Crippen LogP contribution in [0.15, 0.2) is 66.7 Å². The molecule has 1 fully saturated rings. The molecule has 0 N–H and O–H groups in total. The van der Waals surface area contributed by atoms with E-state index in [0.29, 0.717) is 23.7 Å². The molecule has 0 saturated heterocycles. The number of rotatable bonds is 8. The predicted octanol–water partition coefficient (Wildman–Crippen LogP) is 5.54. The van der Waals surface area contributed by atoms with E-state index in [1.807, 2.05) is 35.2 Å². The standard InChI is InChI=1S/C25H25ClN2O2S/c1-18-10-13-23(31-18)16-27(15-19-6-3-2-4-7-19)24(29)17-28(22-11-12-22)25(30)20-8-5-9-21(26)14-20/h2-10,13-14,22H,11-12,15-17H2,1H3. The summed E-state index contributed by atoms with van der Waals surface area (Å²) in [6, 6.07) is 21.2. The molecule has 0 bridgehead atoms. The van der Waals surface area contributed by atoms with E-state index < -0.39 is 0 Å². The Morgan fingerprint density at radius 1 is 1.00 bits per heavy atom. The van der Waals surface area contributed by atoms with E-state index in [1.54, 1.807) is 40.5 Å². The number of amides is 2. The molecule has 3 aromatic rings. The zero-order chi connectivity index (χ0) is 21.8. The Labute approximate surface area is 192 Å². The van der Waals surface area contributed by atoms with E-state index in [0.717, 1.165) is 23.3 Å². The SMILES string of the molecule is Cc1ccc(CN(Cc2ccccc2)C(=O)CN(C(=O)c2cccc(Cl)c2)C2CC2)s1. The van der Waals surface area contributed by atoms with Gasteiger partial charge in [-0.3, -0.25) is 9.59 Å². The van der Waals surface area contributed by atoms with Crippen LogP contribution in [0, 0.1) is 6.92 Å².